The highest BCUT2D eigenvalue weighted by Crippen LogP contribution is 2.38. The predicted molar refractivity (Wildman–Crippen MR) is 129 cm³/mol. The zero-order valence-electron chi connectivity index (χ0n) is 18.7. The Labute approximate surface area is 189 Å². The number of nitrogens with zero attached hydrogens (tertiary/aromatic N) is 2. The van der Waals surface area contributed by atoms with E-state index in [-0.39, 0.29) is 12.1 Å². The molecule has 0 bridgehead atoms. The fraction of sp³-hybridized carbons (Fsp3) is 0.179. The lowest BCUT2D eigenvalue weighted by atomic mass is 9.97. The number of nitrogens with one attached hydrogen (secondary N) is 1. The maximum atomic E-state index is 13.8. The molecule has 32 heavy (non-hydrogen) atoms. The van der Waals surface area contributed by atoms with Crippen molar-refractivity contribution in [3.05, 3.63) is 119 Å². The first-order valence-corrected chi connectivity index (χ1v) is 11.0. The van der Waals surface area contributed by atoms with Gasteiger partial charge in [0.05, 0.1) is 12.2 Å². The highest BCUT2D eigenvalue weighted by molar-refractivity contribution is 5.91. The van der Waals surface area contributed by atoms with Crippen LogP contribution in [0.4, 0.5) is 10.5 Å². The van der Waals surface area contributed by atoms with Crippen LogP contribution in [-0.2, 0) is 6.54 Å². The summed E-state index contributed by atoms with van der Waals surface area (Å²) >= 11 is 0. The third-order valence-electron chi connectivity index (χ3n) is 6.33. The maximum absolute atomic E-state index is 13.8. The quantitative estimate of drug-likeness (QED) is 0.392. The minimum Gasteiger partial charge on any atom is -0.318 e. The number of fused-ring (bicyclic) bond motifs is 3. The number of rotatable bonds is 2. The molecule has 0 aliphatic carbocycles. The number of hydrogen-bond acceptors (Lipinski definition) is 1. The summed E-state index contributed by atoms with van der Waals surface area (Å²) < 4.78 is 2.22. The summed E-state index contributed by atoms with van der Waals surface area (Å²) in [7, 11) is 0. The summed E-state index contributed by atoms with van der Waals surface area (Å²) in [6.07, 6.45) is 2.09. The first-order valence-electron chi connectivity index (χ1n) is 11.0. The standard InChI is InChI=1S/C28H27N3O/c1-19-14-15-24(21(3)17-19)29-28(32)31-18-22-10-5-7-12-25(22)30-16-8-13-26(30)27(31)23-11-6-4-9-20(23)2/h4-17,27H,18H2,1-3H3,(H,29,32)/t27-/m1/s1. The van der Waals surface area contributed by atoms with Gasteiger partial charge in [-0.3, -0.25) is 0 Å². The molecule has 3 aromatic carbocycles. The van der Waals surface area contributed by atoms with Crippen molar-refractivity contribution in [3.63, 3.8) is 0 Å². The van der Waals surface area contributed by atoms with Crippen LogP contribution >= 0.6 is 0 Å². The second-order valence-corrected chi connectivity index (χ2v) is 8.57. The Morgan fingerprint density at radius 2 is 1.66 bits per heavy atom. The Morgan fingerprint density at radius 1 is 0.875 bits per heavy atom. The molecule has 1 aliphatic heterocycles. The van der Waals surface area contributed by atoms with Crippen LogP contribution < -0.4 is 5.32 Å². The second kappa shape index (κ2) is 8.04. The van der Waals surface area contributed by atoms with E-state index in [1.807, 2.05) is 42.2 Å². The Kier molecular flexibility index (Phi) is 5.06. The van der Waals surface area contributed by atoms with Crippen LogP contribution in [0.5, 0.6) is 0 Å². The van der Waals surface area contributed by atoms with E-state index in [0.29, 0.717) is 6.54 Å². The molecule has 2 amide bonds. The molecule has 0 saturated carbocycles. The third-order valence-corrected chi connectivity index (χ3v) is 6.33. The van der Waals surface area contributed by atoms with Gasteiger partial charge < -0.3 is 14.8 Å². The molecule has 2 heterocycles. The minimum atomic E-state index is -0.204. The fourth-order valence-corrected chi connectivity index (χ4v) is 4.70. The molecular formula is C28H27N3O. The van der Waals surface area contributed by atoms with E-state index < -0.39 is 0 Å². The van der Waals surface area contributed by atoms with Crippen LogP contribution in [0.25, 0.3) is 5.69 Å². The van der Waals surface area contributed by atoms with E-state index in [0.717, 1.165) is 33.8 Å². The number of para-hydroxylation sites is 1. The number of carbonyl (C=O) groups is 1. The highest BCUT2D eigenvalue weighted by Gasteiger charge is 2.33. The van der Waals surface area contributed by atoms with Gasteiger partial charge in [-0.2, -0.15) is 0 Å². The molecule has 0 radical (unpaired) electrons. The molecule has 160 valence electrons. The lowest BCUT2D eigenvalue weighted by molar-refractivity contribution is 0.194. The van der Waals surface area contributed by atoms with Crippen LogP contribution in [0.1, 0.15) is 39.6 Å². The van der Waals surface area contributed by atoms with E-state index in [2.05, 4.69) is 78.5 Å². The van der Waals surface area contributed by atoms with Gasteiger partial charge in [0.1, 0.15) is 6.04 Å². The van der Waals surface area contributed by atoms with Gasteiger partial charge in [0.25, 0.3) is 0 Å². The zero-order chi connectivity index (χ0) is 22.2. The molecule has 1 aliphatic rings. The van der Waals surface area contributed by atoms with Crippen LogP contribution in [0.15, 0.2) is 85.1 Å². The van der Waals surface area contributed by atoms with Gasteiger partial charge in [0.2, 0.25) is 0 Å². The van der Waals surface area contributed by atoms with Gasteiger partial charge in [-0.05, 0) is 67.3 Å². The molecule has 1 N–H and O–H groups in total. The van der Waals surface area contributed by atoms with Crippen LogP contribution in [0, 0.1) is 20.8 Å². The fourth-order valence-electron chi connectivity index (χ4n) is 4.70. The van der Waals surface area contributed by atoms with E-state index in [1.165, 1.54) is 11.1 Å². The number of hydrogen-bond donors (Lipinski definition) is 1. The van der Waals surface area contributed by atoms with Crippen LogP contribution in [-0.4, -0.2) is 15.5 Å². The summed E-state index contributed by atoms with van der Waals surface area (Å²) in [5.41, 5.74) is 8.71. The summed E-state index contributed by atoms with van der Waals surface area (Å²) in [5.74, 6) is 0. The molecule has 4 aromatic rings. The van der Waals surface area contributed by atoms with Crippen LogP contribution in [0.3, 0.4) is 0 Å². The molecule has 0 unspecified atom stereocenters. The molecule has 5 rings (SSSR count). The lowest BCUT2D eigenvalue weighted by Crippen LogP contribution is -2.38. The van der Waals surface area contributed by atoms with E-state index >= 15 is 0 Å². The predicted octanol–water partition coefficient (Wildman–Crippen LogP) is 6.54. The SMILES string of the molecule is Cc1ccc(NC(=O)N2Cc3ccccc3-n3cccc3[C@H]2c2ccccc2C)c(C)c1. The van der Waals surface area contributed by atoms with E-state index in [9.17, 15) is 4.79 Å². The largest absolute Gasteiger partial charge is 0.322 e. The monoisotopic (exact) mass is 421 g/mol. The Bertz CT molecular complexity index is 1300. The number of aromatic nitrogens is 1. The number of anilines is 1. The van der Waals surface area contributed by atoms with E-state index in [4.69, 9.17) is 0 Å². The Hall–Kier alpha value is -3.79. The van der Waals surface area contributed by atoms with Crippen LogP contribution in [0.2, 0.25) is 0 Å². The zero-order valence-corrected chi connectivity index (χ0v) is 18.7. The summed E-state index contributed by atoms with van der Waals surface area (Å²) in [5, 5.41) is 3.19. The van der Waals surface area contributed by atoms with Crippen molar-refractivity contribution < 1.29 is 4.79 Å². The molecule has 0 spiro atoms. The average Bonchev–Trinajstić information content (AvgIpc) is 3.21. The van der Waals surface area contributed by atoms with Gasteiger partial charge in [0.15, 0.2) is 0 Å². The van der Waals surface area contributed by atoms with Crippen molar-refractivity contribution >= 4 is 11.7 Å². The third kappa shape index (κ3) is 3.48. The van der Waals surface area contributed by atoms with Crippen molar-refractivity contribution in [2.24, 2.45) is 0 Å². The summed E-state index contributed by atoms with van der Waals surface area (Å²) in [6, 6.07) is 26.6. The van der Waals surface area contributed by atoms with Gasteiger partial charge in [-0.1, -0.05) is 60.2 Å². The van der Waals surface area contributed by atoms with Crippen molar-refractivity contribution in [1.82, 2.24) is 9.47 Å². The summed E-state index contributed by atoms with van der Waals surface area (Å²) in [6.45, 7) is 6.73. The smallest absolute Gasteiger partial charge is 0.318 e. The normalized spacial score (nSPS) is 15.0. The number of benzene rings is 3. The van der Waals surface area contributed by atoms with Crippen molar-refractivity contribution in [3.8, 4) is 5.69 Å². The number of carbonyl (C=O) groups excluding carboxylic acids is 1. The molecule has 4 heteroatoms. The number of urea groups is 1. The topological polar surface area (TPSA) is 37.3 Å². The number of aryl methyl sites for hydroxylation is 3. The van der Waals surface area contributed by atoms with Crippen molar-refractivity contribution in [2.75, 3.05) is 5.32 Å². The van der Waals surface area contributed by atoms with Gasteiger partial charge in [0, 0.05) is 17.6 Å². The molecule has 0 saturated heterocycles. The van der Waals surface area contributed by atoms with Gasteiger partial charge in [-0.15, -0.1) is 0 Å². The number of amides is 2. The first-order chi connectivity index (χ1) is 15.5. The Balaban J connectivity index is 1.65. The first kappa shape index (κ1) is 20.1. The van der Waals surface area contributed by atoms with Crippen molar-refractivity contribution in [2.45, 2.75) is 33.4 Å². The molecule has 4 nitrogen and oxygen atoms in total. The molecule has 1 atom stereocenters. The molecular weight excluding hydrogens is 394 g/mol. The van der Waals surface area contributed by atoms with Gasteiger partial charge >= 0.3 is 6.03 Å². The second-order valence-electron chi connectivity index (χ2n) is 8.57. The molecule has 1 aromatic heterocycles. The van der Waals surface area contributed by atoms with E-state index in [1.54, 1.807) is 0 Å². The summed E-state index contributed by atoms with van der Waals surface area (Å²) in [4.78, 5) is 15.8. The minimum absolute atomic E-state index is 0.102. The highest BCUT2D eigenvalue weighted by atomic mass is 16.2. The van der Waals surface area contributed by atoms with Gasteiger partial charge in [-0.25, -0.2) is 4.79 Å². The lowest BCUT2D eigenvalue weighted by Gasteiger charge is -2.32. The Morgan fingerprint density at radius 3 is 2.47 bits per heavy atom. The maximum Gasteiger partial charge on any atom is 0.322 e. The average molecular weight is 422 g/mol. The molecule has 0 fully saturated rings. The van der Waals surface area contributed by atoms with Crippen molar-refractivity contribution in [1.29, 1.82) is 0 Å².